The normalized spacial score (nSPS) is 16.0. The number of nitrogens with zero attached hydrogens (tertiary/aromatic N) is 1. The second-order valence-electron chi connectivity index (χ2n) is 6.99. The van der Waals surface area contributed by atoms with Gasteiger partial charge in [-0.25, -0.2) is 0 Å². The van der Waals surface area contributed by atoms with E-state index in [-0.39, 0.29) is 18.2 Å². The van der Waals surface area contributed by atoms with E-state index in [2.05, 4.69) is 24.7 Å². The van der Waals surface area contributed by atoms with Gasteiger partial charge in [0.15, 0.2) is 0 Å². The van der Waals surface area contributed by atoms with Gasteiger partial charge in [0.05, 0.1) is 5.92 Å². The molecule has 152 valence electrons. The van der Waals surface area contributed by atoms with Gasteiger partial charge in [-0.2, -0.15) is 0 Å². The fourth-order valence-electron chi connectivity index (χ4n) is 3.55. The monoisotopic (exact) mass is 413 g/mol. The molecule has 1 aliphatic heterocycles. The van der Waals surface area contributed by atoms with Crippen molar-refractivity contribution in [3.05, 3.63) is 64.2 Å². The molecule has 7 heteroatoms. The summed E-state index contributed by atoms with van der Waals surface area (Å²) in [5.74, 6) is -1.43. The lowest BCUT2D eigenvalue weighted by atomic mass is 10.0. The van der Waals surface area contributed by atoms with Crippen LogP contribution in [0.1, 0.15) is 41.8 Å². The molecule has 3 amide bonds. The molecule has 0 radical (unpaired) electrons. The summed E-state index contributed by atoms with van der Waals surface area (Å²) >= 11 is 5.81. The van der Waals surface area contributed by atoms with Gasteiger partial charge in [-0.15, -0.1) is 0 Å². The zero-order chi connectivity index (χ0) is 21.0. The van der Waals surface area contributed by atoms with Crippen molar-refractivity contribution in [1.82, 2.24) is 10.9 Å². The first-order chi connectivity index (χ1) is 13.9. The number of aryl methyl sites for hydroxylation is 2. The van der Waals surface area contributed by atoms with Crippen LogP contribution in [0.25, 0.3) is 0 Å². The quantitative estimate of drug-likeness (QED) is 0.738. The predicted octanol–water partition coefficient (Wildman–Crippen LogP) is 3.28. The Morgan fingerprint density at radius 3 is 2.24 bits per heavy atom. The van der Waals surface area contributed by atoms with Crippen molar-refractivity contribution in [2.75, 3.05) is 11.4 Å². The highest BCUT2D eigenvalue weighted by atomic mass is 35.5. The van der Waals surface area contributed by atoms with E-state index in [1.54, 1.807) is 29.2 Å². The zero-order valence-corrected chi connectivity index (χ0v) is 17.3. The molecule has 1 saturated heterocycles. The first-order valence-electron chi connectivity index (χ1n) is 9.71. The van der Waals surface area contributed by atoms with E-state index in [9.17, 15) is 14.4 Å². The van der Waals surface area contributed by atoms with Gasteiger partial charge in [0.1, 0.15) is 0 Å². The number of carbonyl (C=O) groups excluding carboxylic acids is 3. The third-order valence-corrected chi connectivity index (χ3v) is 5.39. The molecule has 6 nitrogen and oxygen atoms in total. The number of rotatable bonds is 5. The summed E-state index contributed by atoms with van der Waals surface area (Å²) in [6.07, 6.45) is 1.73. The van der Waals surface area contributed by atoms with Crippen molar-refractivity contribution in [3.8, 4) is 0 Å². The Morgan fingerprint density at radius 1 is 1.03 bits per heavy atom. The summed E-state index contributed by atoms with van der Waals surface area (Å²) in [7, 11) is 0. The molecule has 1 atom stereocenters. The number of hydrogen-bond donors (Lipinski definition) is 2. The molecule has 2 aromatic rings. The number of para-hydroxylation sites is 1. The lowest BCUT2D eigenvalue weighted by molar-refractivity contribution is -0.126. The minimum Gasteiger partial charge on any atom is -0.311 e. The SMILES string of the molecule is CCc1cccc(CC)c1N1C[C@H](C(=O)NNC(=O)c2ccc(Cl)cc2)CC1=O. The summed E-state index contributed by atoms with van der Waals surface area (Å²) in [4.78, 5) is 39.1. The van der Waals surface area contributed by atoms with Gasteiger partial charge in [-0.05, 0) is 48.2 Å². The Morgan fingerprint density at radius 2 is 1.66 bits per heavy atom. The van der Waals surface area contributed by atoms with Crippen molar-refractivity contribution in [3.63, 3.8) is 0 Å². The fourth-order valence-corrected chi connectivity index (χ4v) is 3.68. The molecule has 1 aliphatic rings. The van der Waals surface area contributed by atoms with Crippen LogP contribution < -0.4 is 15.8 Å². The van der Waals surface area contributed by atoms with Crippen molar-refractivity contribution in [1.29, 1.82) is 0 Å². The van der Waals surface area contributed by atoms with Crippen molar-refractivity contribution in [2.45, 2.75) is 33.1 Å². The van der Waals surface area contributed by atoms with E-state index in [1.807, 2.05) is 18.2 Å². The molecular formula is C22H24ClN3O3. The number of nitrogens with one attached hydrogen (secondary N) is 2. The Hall–Kier alpha value is -2.86. The van der Waals surface area contributed by atoms with Crippen LogP contribution in [0.2, 0.25) is 5.02 Å². The van der Waals surface area contributed by atoms with E-state index < -0.39 is 11.8 Å². The minimum atomic E-state index is -0.525. The van der Waals surface area contributed by atoms with Gasteiger partial charge < -0.3 is 4.90 Å². The largest absolute Gasteiger partial charge is 0.311 e. The molecule has 1 fully saturated rings. The third-order valence-electron chi connectivity index (χ3n) is 5.14. The highest BCUT2D eigenvalue weighted by molar-refractivity contribution is 6.30. The Kier molecular flexibility index (Phi) is 6.54. The third kappa shape index (κ3) is 4.59. The second-order valence-corrected chi connectivity index (χ2v) is 7.42. The summed E-state index contributed by atoms with van der Waals surface area (Å²) in [5, 5.41) is 0.522. The first kappa shape index (κ1) is 20.9. The smallest absolute Gasteiger partial charge is 0.269 e. The van der Waals surface area contributed by atoms with Crippen LogP contribution in [0.3, 0.4) is 0 Å². The molecule has 1 heterocycles. The summed E-state index contributed by atoms with van der Waals surface area (Å²) < 4.78 is 0. The predicted molar refractivity (Wildman–Crippen MR) is 113 cm³/mol. The van der Waals surface area contributed by atoms with Crippen molar-refractivity contribution in [2.24, 2.45) is 5.92 Å². The Balaban J connectivity index is 1.66. The number of anilines is 1. The standard InChI is InChI=1S/C22H24ClN3O3/c1-3-14-6-5-7-15(4-2)20(14)26-13-17(12-19(26)27)22(29)25-24-21(28)16-8-10-18(23)11-9-16/h5-11,17H,3-4,12-13H2,1-2H3,(H,24,28)(H,25,29)/t17-/m1/s1. The van der Waals surface area contributed by atoms with Gasteiger partial charge in [0.2, 0.25) is 11.8 Å². The molecule has 0 saturated carbocycles. The van der Waals surface area contributed by atoms with Crippen molar-refractivity contribution >= 4 is 35.0 Å². The lowest BCUT2D eigenvalue weighted by Gasteiger charge is -2.23. The number of hydrazine groups is 1. The molecule has 0 spiro atoms. The van der Waals surface area contributed by atoms with Crippen LogP contribution in [0.5, 0.6) is 0 Å². The molecule has 0 unspecified atom stereocenters. The number of halogens is 1. The summed E-state index contributed by atoms with van der Waals surface area (Å²) in [6.45, 7) is 4.40. The molecule has 29 heavy (non-hydrogen) atoms. The van der Waals surface area contributed by atoms with Crippen LogP contribution >= 0.6 is 11.6 Å². The molecule has 0 aromatic heterocycles. The molecule has 3 rings (SSSR count). The molecule has 0 aliphatic carbocycles. The van der Waals surface area contributed by atoms with Gasteiger partial charge in [-0.3, -0.25) is 25.2 Å². The second kappa shape index (κ2) is 9.09. The van der Waals surface area contributed by atoms with E-state index in [4.69, 9.17) is 11.6 Å². The highest BCUT2D eigenvalue weighted by Gasteiger charge is 2.36. The molecule has 2 aromatic carbocycles. The Bertz CT molecular complexity index is 905. The van der Waals surface area contributed by atoms with Crippen LogP contribution in [0.15, 0.2) is 42.5 Å². The number of hydrogen-bond acceptors (Lipinski definition) is 3. The molecular weight excluding hydrogens is 390 g/mol. The van der Waals surface area contributed by atoms with Crippen LogP contribution in [-0.2, 0) is 22.4 Å². The maximum absolute atomic E-state index is 12.7. The topological polar surface area (TPSA) is 78.5 Å². The number of amides is 3. The van der Waals surface area contributed by atoms with Gasteiger partial charge in [0.25, 0.3) is 5.91 Å². The van der Waals surface area contributed by atoms with Crippen LogP contribution in [0.4, 0.5) is 5.69 Å². The van der Waals surface area contributed by atoms with E-state index in [0.29, 0.717) is 17.1 Å². The van der Waals surface area contributed by atoms with Crippen LogP contribution in [0, 0.1) is 5.92 Å². The van der Waals surface area contributed by atoms with Gasteiger partial charge in [0, 0.05) is 29.2 Å². The van der Waals surface area contributed by atoms with E-state index in [1.165, 1.54) is 0 Å². The summed E-state index contributed by atoms with van der Waals surface area (Å²) in [6, 6.07) is 12.4. The molecule has 0 bridgehead atoms. The van der Waals surface area contributed by atoms with Gasteiger partial charge >= 0.3 is 0 Å². The van der Waals surface area contributed by atoms with Crippen molar-refractivity contribution < 1.29 is 14.4 Å². The maximum Gasteiger partial charge on any atom is 0.269 e. The summed E-state index contributed by atoms with van der Waals surface area (Å²) in [5.41, 5.74) is 8.32. The first-order valence-corrected chi connectivity index (χ1v) is 10.1. The average molecular weight is 414 g/mol. The lowest BCUT2D eigenvalue weighted by Crippen LogP contribution is -2.45. The van der Waals surface area contributed by atoms with Crippen LogP contribution in [-0.4, -0.2) is 24.3 Å². The molecule has 2 N–H and O–H groups in total. The fraction of sp³-hybridized carbons (Fsp3) is 0.318. The van der Waals surface area contributed by atoms with Gasteiger partial charge in [-0.1, -0.05) is 43.6 Å². The van der Waals surface area contributed by atoms with E-state index in [0.717, 1.165) is 29.7 Å². The maximum atomic E-state index is 12.7. The number of carbonyl (C=O) groups is 3. The number of benzene rings is 2. The minimum absolute atomic E-state index is 0.0789. The zero-order valence-electron chi connectivity index (χ0n) is 16.5. The average Bonchev–Trinajstić information content (AvgIpc) is 3.12. The highest BCUT2D eigenvalue weighted by Crippen LogP contribution is 2.32. The Labute approximate surface area is 175 Å². The van der Waals surface area contributed by atoms with E-state index >= 15 is 0 Å².